The van der Waals surface area contributed by atoms with E-state index in [1.165, 1.54) is 24.3 Å². The molecule has 3 N–H and O–H groups in total. The van der Waals surface area contributed by atoms with E-state index in [-0.39, 0.29) is 17.1 Å². The number of carbonyl (C=O) groups excluding carboxylic acids is 1. The van der Waals surface area contributed by atoms with Gasteiger partial charge in [0.15, 0.2) is 0 Å². The summed E-state index contributed by atoms with van der Waals surface area (Å²) in [6.45, 7) is 5.20. The van der Waals surface area contributed by atoms with Crippen LogP contribution < -0.4 is 15.4 Å². The Bertz CT molecular complexity index is 893. The molecule has 0 bridgehead atoms. The fraction of sp³-hybridized carbons (Fsp3) is 0.278. The summed E-state index contributed by atoms with van der Waals surface area (Å²) in [4.78, 5) is 12.1. The minimum atomic E-state index is -3.74. The van der Waals surface area contributed by atoms with Gasteiger partial charge in [0.25, 0.3) is 0 Å². The third-order valence-electron chi connectivity index (χ3n) is 3.26. The van der Waals surface area contributed by atoms with E-state index in [0.717, 1.165) is 0 Å². The normalized spacial score (nSPS) is 11.8. The van der Waals surface area contributed by atoms with Gasteiger partial charge in [-0.15, -0.1) is 0 Å². The molecule has 0 spiro atoms. The summed E-state index contributed by atoms with van der Waals surface area (Å²) in [5, 5.41) is 4.93. The second-order valence-electron chi connectivity index (χ2n) is 6.75. The number of amides is 2. The van der Waals surface area contributed by atoms with Gasteiger partial charge in [0.2, 0.25) is 10.0 Å². The van der Waals surface area contributed by atoms with E-state index < -0.39 is 27.4 Å². The molecule has 26 heavy (non-hydrogen) atoms. The van der Waals surface area contributed by atoms with E-state index in [1.54, 1.807) is 45.0 Å². The predicted molar refractivity (Wildman–Crippen MR) is 98.8 cm³/mol. The van der Waals surface area contributed by atoms with Crippen molar-refractivity contribution in [2.75, 3.05) is 5.32 Å². The molecule has 0 aromatic heterocycles. The molecule has 2 aromatic carbocycles. The lowest BCUT2D eigenvalue weighted by molar-refractivity contribution is 0.251. The number of hydrogen-bond acceptors (Lipinski definition) is 3. The lowest BCUT2D eigenvalue weighted by Gasteiger charge is -2.21. The molecule has 0 saturated carbocycles. The van der Waals surface area contributed by atoms with Crippen LogP contribution in [0.4, 0.5) is 14.9 Å². The average Bonchev–Trinajstić information content (AvgIpc) is 2.53. The van der Waals surface area contributed by atoms with Crippen molar-refractivity contribution in [3.63, 3.8) is 0 Å². The first-order valence-electron chi connectivity index (χ1n) is 8.00. The van der Waals surface area contributed by atoms with Gasteiger partial charge < -0.3 is 10.6 Å². The van der Waals surface area contributed by atoms with Crippen LogP contribution in [0.1, 0.15) is 26.3 Å². The van der Waals surface area contributed by atoms with Crippen molar-refractivity contribution in [2.24, 2.45) is 0 Å². The molecule has 0 aliphatic heterocycles. The van der Waals surface area contributed by atoms with Crippen LogP contribution in [-0.2, 0) is 16.6 Å². The van der Waals surface area contributed by atoms with Crippen LogP contribution >= 0.6 is 0 Å². The summed E-state index contributed by atoms with van der Waals surface area (Å²) in [6, 6.07) is 11.5. The Labute approximate surface area is 152 Å². The zero-order valence-corrected chi connectivity index (χ0v) is 15.7. The van der Waals surface area contributed by atoms with Gasteiger partial charge in [-0.3, -0.25) is 0 Å². The molecule has 0 atom stereocenters. The molecule has 0 unspecified atom stereocenters. The smallest absolute Gasteiger partial charge is 0.319 e. The maximum atomic E-state index is 13.6. The van der Waals surface area contributed by atoms with Crippen LogP contribution in [0.15, 0.2) is 53.4 Å². The SMILES string of the molecule is CC(C)(C)NS(=O)(=O)c1ccccc1CNC(=O)Nc1ccccc1F. The van der Waals surface area contributed by atoms with Crippen LogP contribution in [0.25, 0.3) is 0 Å². The minimum Gasteiger partial charge on any atom is -0.334 e. The molecule has 2 rings (SSSR count). The second kappa shape index (κ2) is 7.84. The molecule has 2 aromatic rings. The van der Waals surface area contributed by atoms with Crippen molar-refractivity contribution in [1.29, 1.82) is 0 Å². The van der Waals surface area contributed by atoms with E-state index in [2.05, 4.69) is 15.4 Å². The summed E-state index contributed by atoms with van der Waals surface area (Å²) in [5.41, 5.74) is -0.171. The summed E-state index contributed by atoms with van der Waals surface area (Å²) in [5.74, 6) is -0.556. The molecule has 6 nitrogen and oxygen atoms in total. The Kier molecular flexibility index (Phi) is 5.99. The van der Waals surface area contributed by atoms with Gasteiger partial charge >= 0.3 is 6.03 Å². The van der Waals surface area contributed by atoms with Crippen molar-refractivity contribution in [1.82, 2.24) is 10.0 Å². The first-order valence-corrected chi connectivity index (χ1v) is 9.48. The highest BCUT2D eigenvalue weighted by molar-refractivity contribution is 7.89. The Morgan fingerprint density at radius 2 is 1.65 bits per heavy atom. The second-order valence-corrected chi connectivity index (χ2v) is 8.40. The number of urea groups is 1. The first-order chi connectivity index (χ1) is 12.1. The topological polar surface area (TPSA) is 87.3 Å². The predicted octanol–water partition coefficient (Wildman–Crippen LogP) is 3.22. The van der Waals surface area contributed by atoms with Crippen molar-refractivity contribution in [3.05, 3.63) is 59.9 Å². The standard InChI is InChI=1S/C18H22FN3O3S/c1-18(2,3)22-26(24,25)16-11-7-4-8-13(16)12-20-17(23)21-15-10-6-5-9-14(15)19/h4-11,22H,12H2,1-3H3,(H2,20,21,23). The van der Waals surface area contributed by atoms with Crippen molar-refractivity contribution >= 4 is 21.7 Å². The van der Waals surface area contributed by atoms with Gasteiger partial charge in [0, 0.05) is 12.1 Å². The average molecular weight is 379 g/mol. The Morgan fingerprint density at radius 3 is 2.31 bits per heavy atom. The molecule has 0 saturated heterocycles. The van der Waals surface area contributed by atoms with Crippen LogP contribution in [0.5, 0.6) is 0 Å². The number of rotatable bonds is 5. The molecule has 0 aliphatic rings. The van der Waals surface area contributed by atoms with Crippen LogP contribution in [0.3, 0.4) is 0 Å². The number of halogens is 1. The third-order valence-corrected chi connectivity index (χ3v) is 5.12. The monoisotopic (exact) mass is 379 g/mol. The number of anilines is 1. The van der Waals surface area contributed by atoms with E-state index in [4.69, 9.17) is 0 Å². The largest absolute Gasteiger partial charge is 0.334 e. The highest BCUT2D eigenvalue weighted by Crippen LogP contribution is 2.18. The van der Waals surface area contributed by atoms with Crippen LogP contribution in [-0.4, -0.2) is 20.0 Å². The summed E-state index contributed by atoms with van der Waals surface area (Å²) in [6.07, 6.45) is 0. The van der Waals surface area contributed by atoms with E-state index in [9.17, 15) is 17.6 Å². The Hall–Kier alpha value is -2.45. The lowest BCUT2D eigenvalue weighted by atomic mass is 10.1. The molecule has 2 amide bonds. The third kappa shape index (κ3) is 5.53. The van der Waals surface area contributed by atoms with E-state index in [1.807, 2.05) is 0 Å². The number of benzene rings is 2. The van der Waals surface area contributed by atoms with Gasteiger partial charge in [-0.2, -0.15) is 0 Å². The van der Waals surface area contributed by atoms with E-state index in [0.29, 0.717) is 5.56 Å². The van der Waals surface area contributed by atoms with Gasteiger partial charge in [-0.25, -0.2) is 22.3 Å². The maximum Gasteiger partial charge on any atom is 0.319 e. The van der Waals surface area contributed by atoms with Crippen molar-refractivity contribution in [3.8, 4) is 0 Å². The quantitative estimate of drug-likeness (QED) is 0.745. The number of para-hydroxylation sites is 1. The van der Waals surface area contributed by atoms with E-state index >= 15 is 0 Å². The fourth-order valence-electron chi connectivity index (χ4n) is 2.27. The molecule has 0 radical (unpaired) electrons. The fourth-order valence-corrected chi connectivity index (χ4v) is 3.93. The molecule has 0 fully saturated rings. The number of sulfonamides is 1. The highest BCUT2D eigenvalue weighted by Gasteiger charge is 2.24. The number of carbonyl (C=O) groups is 1. The molecule has 0 heterocycles. The zero-order valence-electron chi connectivity index (χ0n) is 14.8. The molecule has 8 heteroatoms. The number of nitrogens with one attached hydrogen (secondary N) is 3. The van der Waals surface area contributed by atoms with Crippen LogP contribution in [0.2, 0.25) is 0 Å². The van der Waals surface area contributed by atoms with Crippen molar-refractivity contribution in [2.45, 2.75) is 37.8 Å². The number of hydrogen-bond donors (Lipinski definition) is 3. The molecule has 0 aliphatic carbocycles. The summed E-state index contributed by atoms with van der Waals surface area (Å²) >= 11 is 0. The summed E-state index contributed by atoms with van der Waals surface area (Å²) < 4.78 is 41.3. The highest BCUT2D eigenvalue weighted by atomic mass is 32.2. The van der Waals surface area contributed by atoms with Gasteiger partial charge in [-0.05, 0) is 44.5 Å². The van der Waals surface area contributed by atoms with Crippen molar-refractivity contribution < 1.29 is 17.6 Å². The van der Waals surface area contributed by atoms with Gasteiger partial charge in [0.05, 0.1) is 10.6 Å². The molecular formula is C18H22FN3O3S. The maximum absolute atomic E-state index is 13.6. The summed E-state index contributed by atoms with van der Waals surface area (Å²) in [7, 11) is -3.74. The van der Waals surface area contributed by atoms with Gasteiger partial charge in [0.1, 0.15) is 5.82 Å². The Morgan fingerprint density at radius 1 is 1.04 bits per heavy atom. The first kappa shape index (κ1) is 19.9. The lowest BCUT2D eigenvalue weighted by Crippen LogP contribution is -2.41. The van der Waals surface area contributed by atoms with Crippen LogP contribution in [0, 0.1) is 5.82 Å². The minimum absolute atomic E-state index is 0.0263. The molecular weight excluding hydrogens is 357 g/mol. The molecule has 140 valence electrons. The zero-order chi connectivity index (χ0) is 19.4. The van der Waals surface area contributed by atoms with Gasteiger partial charge in [-0.1, -0.05) is 30.3 Å². The Balaban J connectivity index is 2.11.